The first kappa shape index (κ1) is 14.5. The average Bonchev–Trinajstić information content (AvgIpc) is 2.82. The SMILES string of the molecule is COC(=O)c1cccc(C[C@@]2(C)C[C@@H]3CNCC[C@@H]3O2)c1. The smallest absolute Gasteiger partial charge is 0.337 e. The van der Waals surface area contributed by atoms with Crippen molar-refractivity contribution < 1.29 is 14.3 Å². The second-order valence-electron chi connectivity index (χ2n) is 6.43. The molecular formula is C17H23NO3. The summed E-state index contributed by atoms with van der Waals surface area (Å²) in [4.78, 5) is 11.6. The van der Waals surface area contributed by atoms with E-state index in [-0.39, 0.29) is 11.6 Å². The lowest BCUT2D eigenvalue weighted by Crippen LogP contribution is -2.37. The Morgan fingerprint density at radius 3 is 3.14 bits per heavy atom. The molecule has 0 bridgehead atoms. The fraction of sp³-hybridized carbons (Fsp3) is 0.588. The Labute approximate surface area is 125 Å². The third-order valence-electron chi connectivity index (χ3n) is 4.59. The maximum absolute atomic E-state index is 11.6. The number of methoxy groups -OCH3 is 1. The maximum atomic E-state index is 11.6. The number of benzene rings is 1. The van der Waals surface area contributed by atoms with E-state index in [1.165, 1.54) is 7.11 Å². The van der Waals surface area contributed by atoms with Gasteiger partial charge in [0.05, 0.1) is 24.4 Å². The largest absolute Gasteiger partial charge is 0.465 e. The van der Waals surface area contributed by atoms with E-state index < -0.39 is 0 Å². The second-order valence-corrected chi connectivity index (χ2v) is 6.43. The lowest BCUT2D eigenvalue weighted by Gasteiger charge is -2.26. The molecule has 2 aliphatic heterocycles. The van der Waals surface area contributed by atoms with Crippen LogP contribution in [-0.2, 0) is 15.9 Å². The summed E-state index contributed by atoms with van der Waals surface area (Å²) in [5.41, 5.74) is 1.61. The van der Waals surface area contributed by atoms with E-state index in [2.05, 4.69) is 18.3 Å². The van der Waals surface area contributed by atoms with Crippen molar-refractivity contribution in [3.8, 4) is 0 Å². The van der Waals surface area contributed by atoms with Crippen LogP contribution >= 0.6 is 0 Å². The first-order chi connectivity index (χ1) is 10.1. The second kappa shape index (κ2) is 5.78. The fourth-order valence-electron chi connectivity index (χ4n) is 3.70. The molecule has 0 saturated carbocycles. The Bertz CT molecular complexity index is 515. The molecule has 114 valence electrons. The highest BCUT2D eigenvalue weighted by atomic mass is 16.5. The molecule has 0 unspecified atom stereocenters. The normalized spacial score (nSPS) is 31.7. The fourth-order valence-corrected chi connectivity index (χ4v) is 3.70. The summed E-state index contributed by atoms with van der Waals surface area (Å²) in [7, 11) is 1.41. The summed E-state index contributed by atoms with van der Waals surface area (Å²) in [6.07, 6.45) is 3.40. The highest BCUT2D eigenvalue weighted by molar-refractivity contribution is 5.89. The minimum Gasteiger partial charge on any atom is -0.465 e. The van der Waals surface area contributed by atoms with Gasteiger partial charge < -0.3 is 14.8 Å². The third kappa shape index (κ3) is 3.11. The summed E-state index contributed by atoms with van der Waals surface area (Å²) in [5.74, 6) is 0.333. The van der Waals surface area contributed by atoms with Crippen LogP contribution in [0.25, 0.3) is 0 Å². The topological polar surface area (TPSA) is 47.6 Å². The molecule has 21 heavy (non-hydrogen) atoms. The number of fused-ring (bicyclic) bond motifs is 1. The molecule has 1 N–H and O–H groups in total. The Kier molecular flexibility index (Phi) is 4.00. The average molecular weight is 289 g/mol. The van der Waals surface area contributed by atoms with Gasteiger partial charge in [0.15, 0.2) is 0 Å². The van der Waals surface area contributed by atoms with Gasteiger partial charge in [0.1, 0.15) is 0 Å². The Balaban J connectivity index is 1.72. The Hall–Kier alpha value is -1.39. The van der Waals surface area contributed by atoms with Crippen LogP contribution < -0.4 is 5.32 Å². The molecule has 4 nitrogen and oxygen atoms in total. The Morgan fingerprint density at radius 1 is 1.52 bits per heavy atom. The standard InChI is InChI=1S/C17H23NO3/c1-17(10-14-11-18-7-6-15(14)21-17)9-12-4-3-5-13(8-12)16(19)20-2/h3-5,8,14-15,18H,6-7,9-11H2,1-2H3/t14-,15+,17+/m1/s1. The molecule has 0 aliphatic carbocycles. The van der Waals surface area contributed by atoms with Gasteiger partial charge in [0.2, 0.25) is 0 Å². The predicted molar refractivity (Wildman–Crippen MR) is 80.4 cm³/mol. The molecule has 0 radical (unpaired) electrons. The van der Waals surface area contributed by atoms with Crippen LogP contribution in [0.15, 0.2) is 24.3 Å². The van der Waals surface area contributed by atoms with Crippen LogP contribution in [0.1, 0.15) is 35.7 Å². The number of ether oxygens (including phenoxy) is 2. The van der Waals surface area contributed by atoms with Crippen LogP contribution in [0.3, 0.4) is 0 Å². The Morgan fingerprint density at radius 2 is 2.38 bits per heavy atom. The number of nitrogens with one attached hydrogen (secondary N) is 1. The van der Waals surface area contributed by atoms with Crippen LogP contribution in [0, 0.1) is 5.92 Å². The maximum Gasteiger partial charge on any atom is 0.337 e. The monoisotopic (exact) mass is 289 g/mol. The number of hydrogen-bond acceptors (Lipinski definition) is 4. The van der Waals surface area contributed by atoms with Gasteiger partial charge >= 0.3 is 5.97 Å². The van der Waals surface area contributed by atoms with E-state index in [1.54, 1.807) is 6.07 Å². The van der Waals surface area contributed by atoms with E-state index >= 15 is 0 Å². The molecule has 2 heterocycles. The van der Waals surface area contributed by atoms with E-state index in [4.69, 9.17) is 9.47 Å². The number of esters is 1. The lowest BCUT2D eigenvalue weighted by molar-refractivity contribution is -0.0389. The third-order valence-corrected chi connectivity index (χ3v) is 4.59. The zero-order chi connectivity index (χ0) is 14.9. The summed E-state index contributed by atoms with van der Waals surface area (Å²) >= 11 is 0. The van der Waals surface area contributed by atoms with Gasteiger partial charge in [-0.05, 0) is 44.0 Å². The van der Waals surface area contributed by atoms with Crippen LogP contribution in [-0.4, -0.2) is 37.9 Å². The summed E-state index contributed by atoms with van der Waals surface area (Å²) < 4.78 is 11.1. The number of rotatable bonds is 3. The molecule has 2 saturated heterocycles. The molecule has 0 amide bonds. The predicted octanol–water partition coefficient (Wildman–Crippen LogP) is 2.17. The number of hydrogen-bond donors (Lipinski definition) is 1. The van der Waals surface area contributed by atoms with E-state index in [1.807, 2.05) is 12.1 Å². The van der Waals surface area contributed by atoms with Gasteiger partial charge in [-0.3, -0.25) is 0 Å². The summed E-state index contributed by atoms with van der Waals surface area (Å²) in [6, 6.07) is 7.67. The van der Waals surface area contributed by atoms with Crippen molar-refractivity contribution in [2.75, 3.05) is 20.2 Å². The minimum absolute atomic E-state index is 0.129. The van der Waals surface area contributed by atoms with E-state index in [0.29, 0.717) is 17.6 Å². The van der Waals surface area contributed by atoms with Crippen molar-refractivity contribution in [3.63, 3.8) is 0 Å². The van der Waals surface area contributed by atoms with Crippen molar-refractivity contribution in [2.45, 2.75) is 37.9 Å². The molecular weight excluding hydrogens is 266 g/mol. The highest BCUT2D eigenvalue weighted by Gasteiger charge is 2.43. The van der Waals surface area contributed by atoms with Gasteiger partial charge in [0.25, 0.3) is 0 Å². The number of piperidine rings is 1. The van der Waals surface area contributed by atoms with Gasteiger partial charge in [-0.2, -0.15) is 0 Å². The van der Waals surface area contributed by atoms with Crippen LogP contribution in [0.2, 0.25) is 0 Å². The zero-order valence-corrected chi connectivity index (χ0v) is 12.7. The van der Waals surface area contributed by atoms with Crippen LogP contribution in [0.4, 0.5) is 0 Å². The van der Waals surface area contributed by atoms with E-state index in [9.17, 15) is 4.79 Å². The number of carbonyl (C=O) groups is 1. The van der Waals surface area contributed by atoms with Crippen molar-refractivity contribution in [2.24, 2.45) is 5.92 Å². The molecule has 2 aliphatic rings. The molecule has 3 rings (SSSR count). The molecule has 3 atom stereocenters. The summed E-state index contributed by atoms with van der Waals surface area (Å²) in [6.45, 7) is 4.30. The van der Waals surface area contributed by atoms with Gasteiger partial charge in [-0.25, -0.2) is 4.79 Å². The lowest BCUT2D eigenvalue weighted by atomic mass is 9.86. The highest BCUT2D eigenvalue weighted by Crippen LogP contribution is 2.39. The molecule has 1 aromatic rings. The quantitative estimate of drug-likeness (QED) is 0.866. The first-order valence-electron chi connectivity index (χ1n) is 7.65. The van der Waals surface area contributed by atoms with Crippen molar-refractivity contribution in [1.29, 1.82) is 0 Å². The van der Waals surface area contributed by atoms with Crippen molar-refractivity contribution in [3.05, 3.63) is 35.4 Å². The number of carbonyl (C=O) groups excluding carboxylic acids is 1. The van der Waals surface area contributed by atoms with Crippen molar-refractivity contribution >= 4 is 5.97 Å². The van der Waals surface area contributed by atoms with Gasteiger partial charge in [-0.15, -0.1) is 0 Å². The minimum atomic E-state index is -0.285. The van der Waals surface area contributed by atoms with Gasteiger partial charge in [-0.1, -0.05) is 12.1 Å². The van der Waals surface area contributed by atoms with Crippen LogP contribution in [0.5, 0.6) is 0 Å². The first-order valence-corrected chi connectivity index (χ1v) is 7.65. The molecule has 4 heteroatoms. The van der Waals surface area contributed by atoms with Crippen molar-refractivity contribution in [1.82, 2.24) is 5.32 Å². The molecule has 0 spiro atoms. The zero-order valence-electron chi connectivity index (χ0n) is 12.7. The molecule has 0 aromatic heterocycles. The van der Waals surface area contributed by atoms with E-state index in [0.717, 1.165) is 37.9 Å². The molecule has 1 aromatic carbocycles. The molecule has 2 fully saturated rings. The van der Waals surface area contributed by atoms with Gasteiger partial charge in [0, 0.05) is 18.9 Å². The summed E-state index contributed by atoms with van der Waals surface area (Å²) in [5, 5.41) is 3.45.